The van der Waals surface area contributed by atoms with E-state index in [1.807, 2.05) is 0 Å². The van der Waals surface area contributed by atoms with Gasteiger partial charge in [0, 0.05) is 5.92 Å². The standard InChI is InChI=1S/C10H20N2O2/c1-7(13)9(5-3-4-6-11)10(12)8(2)14/h9-10H,3-6,11-12H2,1-2H3. The van der Waals surface area contributed by atoms with Gasteiger partial charge in [-0.3, -0.25) is 9.59 Å². The first-order chi connectivity index (χ1) is 6.50. The highest BCUT2D eigenvalue weighted by Crippen LogP contribution is 2.13. The number of hydrogen-bond donors (Lipinski definition) is 2. The summed E-state index contributed by atoms with van der Waals surface area (Å²) in [6, 6.07) is -0.648. The molecule has 0 saturated carbocycles. The summed E-state index contributed by atoms with van der Waals surface area (Å²) in [5, 5.41) is 0. The maximum absolute atomic E-state index is 11.2. The van der Waals surface area contributed by atoms with Gasteiger partial charge in [0.05, 0.1) is 6.04 Å². The van der Waals surface area contributed by atoms with Crippen LogP contribution in [-0.2, 0) is 9.59 Å². The monoisotopic (exact) mass is 200 g/mol. The molecular weight excluding hydrogens is 180 g/mol. The van der Waals surface area contributed by atoms with Crippen LogP contribution in [0.3, 0.4) is 0 Å². The Labute approximate surface area is 85.0 Å². The zero-order valence-electron chi connectivity index (χ0n) is 8.95. The van der Waals surface area contributed by atoms with Crippen LogP contribution in [-0.4, -0.2) is 24.2 Å². The van der Waals surface area contributed by atoms with E-state index < -0.39 is 6.04 Å². The highest BCUT2D eigenvalue weighted by molar-refractivity contribution is 5.89. The number of carbonyl (C=O) groups is 2. The highest BCUT2D eigenvalue weighted by atomic mass is 16.1. The molecule has 0 aliphatic rings. The number of Topliss-reactive ketones (excluding diaryl/α,β-unsaturated/α-hetero) is 2. The largest absolute Gasteiger partial charge is 0.330 e. The van der Waals surface area contributed by atoms with Gasteiger partial charge < -0.3 is 11.5 Å². The van der Waals surface area contributed by atoms with E-state index in [0.29, 0.717) is 13.0 Å². The van der Waals surface area contributed by atoms with Crippen molar-refractivity contribution in [3.63, 3.8) is 0 Å². The molecule has 0 saturated heterocycles. The molecule has 0 aliphatic carbocycles. The molecule has 0 spiro atoms. The lowest BCUT2D eigenvalue weighted by atomic mass is 9.89. The maximum Gasteiger partial charge on any atom is 0.147 e. The molecule has 0 heterocycles. The SMILES string of the molecule is CC(=O)C(N)C(CCCCN)C(C)=O. The molecule has 2 atom stereocenters. The molecular formula is C10H20N2O2. The van der Waals surface area contributed by atoms with Gasteiger partial charge in [-0.2, -0.15) is 0 Å². The van der Waals surface area contributed by atoms with E-state index in [-0.39, 0.29) is 17.5 Å². The van der Waals surface area contributed by atoms with E-state index in [0.717, 1.165) is 12.8 Å². The Morgan fingerprint density at radius 2 is 1.71 bits per heavy atom. The molecule has 0 bridgehead atoms. The van der Waals surface area contributed by atoms with Gasteiger partial charge in [0.1, 0.15) is 11.6 Å². The molecule has 0 aromatic heterocycles. The van der Waals surface area contributed by atoms with Crippen LogP contribution >= 0.6 is 0 Å². The summed E-state index contributed by atoms with van der Waals surface area (Å²) in [7, 11) is 0. The van der Waals surface area contributed by atoms with Gasteiger partial charge in [-0.25, -0.2) is 0 Å². The Balaban J connectivity index is 4.15. The van der Waals surface area contributed by atoms with Crippen molar-refractivity contribution in [1.82, 2.24) is 0 Å². The Morgan fingerprint density at radius 3 is 2.07 bits per heavy atom. The number of nitrogens with two attached hydrogens (primary N) is 2. The average molecular weight is 200 g/mol. The third kappa shape index (κ3) is 4.48. The van der Waals surface area contributed by atoms with Gasteiger partial charge >= 0.3 is 0 Å². The smallest absolute Gasteiger partial charge is 0.147 e. The molecule has 2 unspecified atom stereocenters. The molecule has 0 fully saturated rings. The molecule has 0 aromatic carbocycles. The highest BCUT2D eigenvalue weighted by Gasteiger charge is 2.24. The average Bonchev–Trinajstić information content (AvgIpc) is 2.10. The first-order valence-corrected chi connectivity index (χ1v) is 4.97. The van der Waals surface area contributed by atoms with Crippen LogP contribution in [0.15, 0.2) is 0 Å². The van der Waals surface area contributed by atoms with Crippen LogP contribution in [0.1, 0.15) is 33.1 Å². The van der Waals surface area contributed by atoms with Crippen molar-refractivity contribution in [3.05, 3.63) is 0 Å². The Morgan fingerprint density at radius 1 is 1.14 bits per heavy atom. The summed E-state index contributed by atoms with van der Waals surface area (Å²) in [6.45, 7) is 3.51. The lowest BCUT2D eigenvalue weighted by molar-refractivity contribution is -0.127. The second-order valence-corrected chi connectivity index (χ2v) is 3.64. The molecule has 4 nitrogen and oxygen atoms in total. The van der Waals surface area contributed by atoms with Gasteiger partial charge in [-0.1, -0.05) is 6.42 Å². The van der Waals surface area contributed by atoms with Gasteiger partial charge in [0.2, 0.25) is 0 Å². The van der Waals surface area contributed by atoms with Gasteiger partial charge in [-0.15, -0.1) is 0 Å². The second kappa shape index (κ2) is 6.68. The van der Waals surface area contributed by atoms with Crippen molar-refractivity contribution >= 4 is 11.6 Å². The summed E-state index contributed by atoms with van der Waals surface area (Å²) in [6.07, 6.45) is 2.38. The Hall–Kier alpha value is -0.740. The third-order valence-electron chi connectivity index (χ3n) is 2.39. The summed E-state index contributed by atoms with van der Waals surface area (Å²) in [5.41, 5.74) is 11.0. The van der Waals surface area contributed by atoms with Crippen molar-refractivity contribution in [2.24, 2.45) is 17.4 Å². The summed E-state index contributed by atoms with van der Waals surface area (Å²) in [4.78, 5) is 22.2. The normalized spacial score (nSPS) is 14.9. The van der Waals surface area contributed by atoms with E-state index in [9.17, 15) is 9.59 Å². The zero-order valence-corrected chi connectivity index (χ0v) is 8.95. The van der Waals surface area contributed by atoms with Gasteiger partial charge in [-0.05, 0) is 33.2 Å². The first-order valence-electron chi connectivity index (χ1n) is 4.97. The summed E-state index contributed by atoms with van der Waals surface area (Å²) < 4.78 is 0. The number of hydrogen-bond acceptors (Lipinski definition) is 4. The van der Waals surface area contributed by atoms with Gasteiger partial charge in [0.15, 0.2) is 0 Å². The van der Waals surface area contributed by atoms with E-state index in [1.54, 1.807) is 0 Å². The number of carbonyl (C=O) groups excluding carboxylic acids is 2. The molecule has 0 rings (SSSR count). The Kier molecular flexibility index (Phi) is 6.32. The second-order valence-electron chi connectivity index (χ2n) is 3.64. The predicted molar refractivity (Wildman–Crippen MR) is 55.7 cm³/mol. The minimum absolute atomic E-state index is 0.00952. The lowest BCUT2D eigenvalue weighted by Crippen LogP contribution is -2.40. The summed E-state index contributed by atoms with van der Waals surface area (Å²) >= 11 is 0. The molecule has 0 aliphatic heterocycles. The Bertz CT molecular complexity index is 204. The van der Waals surface area contributed by atoms with Crippen LogP contribution in [0, 0.1) is 5.92 Å². The fourth-order valence-electron chi connectivity index (χ4n) is 1.43. The maximum atomic E-state index is 11.2. The lowest BCUT2D eigenvalue weighted by Gasteiger charge is -2.18. The van der Waals surface area contributed by atoms with Crippen LogP contribution < -0.4 is 11.5 Å². The molecule has 4 heteroatoms. The molecule has 14 heavy (non-hydrogen) atoms. The minimum Gasteiger partial charge on any atom is -0.330 e. The fraction of sp³-hybridized carbons (Fsp3) is 0.800. The zero-order chi connectivity index (χ0) is 11.1. The van der Waals surface area contributed by atoms with Crippen LogP contribution in [0.5, 0.6) is 0 Å². The molecule has 82 valence electrons. The first kappa shape index (κ1) is 13.3. The topological polar surface area (TPSA) is 86.2 Å². The van der Waals surface area contributed by atoms with Crippen molar-refractivity contribution in [1.29, 1.82) is 0 Å². The van der Waals surface area contributed by atoms with E-state index in [2.05, 4.69) is 0 Å². The van der Waals surface area contributed by atoms with E-state index in [1.165, 1.54) is 13.8 Å². The van der Waals surface area contributed by atoms with Crippen LogP contribution in [0.4, 0.5) is 0 Å². The van der Waals surface area contributed by atoms with Crippen molar-refractivity contribution < 1.29 is 9.59 Å². The van der Waals surface area contributed by atoms with Crippen LogP contribution in [0.2, 0.25) is 0 Å². The quantitative estimate of drug-likeness (QED) is 0.576. The molecule has 0 radical (unpaired) electrons. The van der Waals surface area contributed by atoms with Gasteiger partial charge in [0.25, 0.3) is 0 Å². The minimum atomic E-state index is -0.648. The molecule has 0 aromatic rings. The predicted octanol–water partition coefficient (Wildman–Crippen LogP) is 0.237. The van der Waals surface area contributed by atoms with Crippen molar-refractivity contribution in [2.45, 2.75) is 39.2 Å². The fourth-order valence-corrected chi connectivity index (χ4v) is 1.43. The van der Waals surface area contributed by atoms with E-state index >= 15 is 0 Å². The number of rotatable bonds is 7. The number of ketones is 2. The summed E-state index contributed by atoms with van der Waals surface area (Å²) in [5.74, 6) is -0.471. The van der Waals surface area contributed by atoms with Crippen molar-refractivity contribution in [2.75, 3.05) is 6.54 Å². The van der Waals surface area contributed by atoms with Crippen LogP contribution in [0.25, 0.3) is 0 Å². The molecule has 0 amide bonds. The molecule has 4 N–H and O–H groups in total. The third-order valence-corrected chi connectivity index (χ3v) is 2.39. The van der Waals surface area contributed by atoms with E-state index in [4.69, 9.17) is 11.5 Å². The number of unbranched alkanes of at least 4 members (excludes halogenated alkanes) is 1. The van der Waals surface area contributed by atoms with Crippen molar-refractivity contribution in [3.8, 4) is 0 Å².